The molecule has 2 nitrogen and oxygen atoms in total. The van der Waals surface area contributed by atoms with Crippen molar-refractivity contribution in [3.05, 3.63) is 72.3 Å². The summed E-state index contributed by atoms with van der Waals surface area (Å²) in [6, 6.07) is 22.4. The van der Waals surface area contributed by atoms with Gasteiger partial charge >= 0.3 is 5.97 Å². The molecular formula is C20H14O2. The van der Waals surface area contributed by atoms with Gasteiger partial charge in [0.15, 0.2) is 0 Å². The molecule has 0 saturated heterocycles. The first-order chi connectivity index (χ1) is 10.8. The van der Waals surface area contributed by atoms with E-state index in [0.717, 1.165) is 32.3 Å². The molecule has 0 aliphatic rings. The Labute approximate surface area is 127 Å². The SMILES string of the molecule is COC(=O)c1cc2ccccc2c2ccc3ccccc3c12. The van der Waals surface area contributed by atoms with Crippen molar-refractivity contribution >= 4 is 38.3 Å². The van der Waals surface area contributed by atoms with E-state index in [1.165, 1.54) is 7.11 Å². The first-order valence-electron chi connectivity index (χ1n) is 7.21. The number of hydrogen-bond donors (Lipinski definition) is 0. The van der Waals surface area contributed by atoms with E-state index in [0.29, 0.717) is 5.56 Å². The number of benzene rings is 4. The molecule has 0 aliphatic heterocycles. The van der Waals surface area contributed by atoms with Crippen molar-refractivity contribution in [2.45, 2.75) is 0 Å². The molecule has 0 N–H and O–H groups in total. The van der Waals surface area contributed by atoms with Gasteiger partial charge in [0.2, 0.25) is 0 Å². The van der Waals surface area contributed by atoms with Crippen LogP contribution in [-0.4, -0.2) is 13.1 Å². The largest absolute Gasteiger partial charge is 0.465 e. The number of esters is 1. The van der Waals surface area contributed by atoms with E-state index in [1.807, 2.05) is 36.4 Å². The summed E-state index contributed by atoms with van der Waals surface area (Å²) >= 11 is 0. The minimum Gasteiger partial charge on any atom is -0.465 e. The maximum absolute atomic E-state index is 12.3. The van der Waals surface area contributed by atoms with Crippen LogP contribution in [0.5, 0.6) is 0 Å². The quantitative estimate of drug-likeness (QED) is 0.366. The molecule has 4 rings (SSSR count). The van der Waals surface area contributed by atoms with Gasteiger partial charge in [0.1, 0.15) is 0 Å². The van der Waals surface area contributed by atoms with E-state index in [1.54, 1.807) is 0 Å². The lowest BCUT2D eigenvalue weighted by atomic mass is 9.93. The van der Waals surface area contributed by atoms with Gasteiger partial charge in [-0.3, -0.25) is 0 Å². The highest BCUT2D eigenvalue weighted by atomic mass is 16.5. The molecule has 0 saturated carbocycles. The third-order valence-electron chi connectivity index (χ3n) is 4.15. The fourth-order valence-corrected chi connectivity index (χ4v) is 3.15. The summed E-state index contributed by atoms with van der Waals surface area (Å²) < 4.78 is 5.00. The second-order valence-corrected chi connectivity index (χ2v) is 5.35. The molecule has 0 fully saturated rings. The van der Waals surface area contributed by atoms with E-state index in [4.69, 9.17) is 4.74 Å². The lowest BCUT2D eigenvalue weighted by Crippen LogP contribution is -2.02. The number of carbonyl (C=O) groups excluding carboxylic acids is 1. The van der Waals surface area contributed by atoms with Crippen molar-refractivity contribution in [1.82, 2.24) is 0 Å². The topological polar surface area (TPSA) is 26.3 Å². The van der Waals surface area contributed by atoms with Crippen molar-refractivity contribution in [2.24, 2.45) is 0 Å². The number of fused-ring (bicyclic) bond motifs is 5. The van der Waals surface area contributed by atoms with Gasteiger partial charge < -0.3 is 4.74 Å². The summed E-state index contributed by atoms with van der Waals surface area (Å²) in [6.07, 6.45) is 0. The molecule has 0 bridgehead atoms. The molecule has 0 aliphatic carbocycles. The third-order valence-corrected chi connectivity index (χ3v) is 4.15. The van der Waals surface area contributed by atoms with Gasteiger partial charge in [0, 0.05) is 5.39 Å². The Kier molecular flexibility index (Phi) is 2.83. The lowest BCUT2D eigenvalue weighted by Gasteiger charge is -2.12. The summed E-state index contributed by atoms with van der Waals surface area (Å²) in [4.78, 5) is 12.3. The lowest BCUT2D eigenvalue weighted by molar-refractivity contribution is 0.0603. The molecule has 0 unspecified atom stereocenters. The molecule has 22 heavy (non-hydrogen) atoms. The van der Waals surface area contributed by atoms with Gasteiger partial charge in [0.25, 0.3) is 0 Å². The second-order valence-electron chi connectivity index (χ2n) is 5.35. The molecule has 0 amide bonds. The van der Waals surface area contributed by atoms with Crippen LogP contribution < -0.4 is 0 Å². The van der Waals surface area contributed by atoms with Crippen molar-refractivity contribution in [2.75, 3.05) is 7.11 Å². The van der Waals surface area contributed by atoms with Crippen LogP contribution in [0.2, 0.25) is 0 Å². The normalized spacial score (nSPS) is 11.1. The van der Waals surface area contributed by atoms with Crippen LogP contribution in [0.1, 0.15) is 10.4 Å². The third kappa shape index (κ3) is 1.77. The monoisotopic (exact) mass is 286 g/mol. The van der Waals surface area contributed by atoms with Crippen LogP contribution in [-0.2, 0) is 4.74 Å². The second kappa shape index (κ2) is 4.85. The van der Waals surface area contributed by atoms with Gasteiger partial charge in [0.05, 0.1) is 12.7 Å². The van der Waals surface area contributed by atoms with Crippen LogP contribution >= 0.6 is 0 Å². The van der Waals surface area contributed by atoms with Crippen molar-refractivity contribution < 1.29 is 9.53 Å². The maximum Gasteiger partial charge on any atom is 0.338 e. The Bertz CT molecular complexity index is 1030. The molecule has 0 atom stereocenters. The summed E-state index contributed by atoms with van der Waals surface area (Å²) in [5, 5.41) is 6.43. The first-order valence-corrected chi connectivity index (χ1v) is 7.21. The van der Waals surface area contributed by atoms with E-state index >= 15 is 0 Å². The highest BCUT2D eigenvalue weighted by Crippen LogP contribution is 2.34. The average molecular weight is 286 g/mol. The Morgan fingerprint density at radius 1 is 0.773 bits per heavy atom. The predicted molar refractivity (Wildman–Crippen MR) is 90.3 cm³/mol. The zero-order valence-electron chi connectivity index (χ0n) is 12.2. The Morgan fingerprint density at radius 3 is 2.23 bits per heavy atom. The van der Waals surface area contributed by atoms with Gasteiger partial charge in [-0.15, -0.1) is 0 Å². The smallest absolute Gasteiger partial charge is 0.338 e. The Balaban J connectivity index is 2.31. The number of carbonyl (C=O) groups is 1. The van der Waals surface area contributed by atoms with Gasteiger partial charge in [-0.1, -0.05) is 60.7 Å². The molecule has 2 heteroatoms. The van der Waals surface area contributed by atoms with E-state index in [-0.39, 0.29) is 5.97 Å². The zero-order chi connectivity index (χ0) is 15.1. The summed E-state index contributed by atoms with van der Waals surface area (Å²) in [5.74, 6) is -0.299. The number of ether oxygens (including phenoxy) is 1. The van der Waals surface area contributed by atoms with Gasteiger partial charge in [-0.05, 0) is 33.0 Å². The highest BCUT2D eigenvalue weighted by Gasteiger charge is 2.15. The fourth-order valence-electron chi connectivity index (χ4n) is 3.15. The maximum atomic E-state index is 12.3. The molecule has 0 heterocycles. The minimum atomic E-state index is -0.299. The number of hydrogen-bond acceptors (Lipinski definition) is 2. The van der Waals surface area contributed by atoms with E-state index in [9.17, 15) is 4.79 Å². The molecule has 0 spiro atoms. The molecule has 0 radical (unpaired) electrons. The average Bonchev–Trinajstić information content (AvgIpc) is 2.59. The standard InChI is InChI=1S/C20H14O2/c1-22-20(21)18-12-14-7-3-4-8-15(14)17-11-10-13-6-2-5-9-16(13)19(17)18/h2-12H,1H3. The molecular weight excluding hydrogens is 272 g/mol. The molecule has 0 aromatic heterocycles. The number of methoxy groups -OCH3 is 1. The van der Waals surface area contributed by atoms with Crippen LogP contribution in [0.15, 0.2) is 66.7 Å². The predicted octanol–water partition coefficient (Wildman–Crippen LogP) is 4.93. The van der Waals surface area contributed by atoms with Crippen LogP contribution in [0, 0.1) is 0 Å². The molecule has 4 aromatic carbocycles. The Hall–Kier alpha value is -2.87. The first kappa shape index (κ1) is 12.8. The summed E-state index contributed by atoms with van der Waals surface area (Å²) in [5.41, 5.74) is 0.619. The summed E-state index contributed by atoms with van der Waals surface area (Å²) in [7, 11) is 1.43. The summed E-state index contributed by atoms with van der Waals surface area (Å²) in [6.45, 7) is 0. The van der Waals surface area contributed by atoms with Crippen LogP contribution in [0.25, 0.3) is 32.3 Å². The minimum absolute atomic E-state index is 0.299. The van der Waals surface area contributed by atoms with Crippen molar-refractivity contribution in [3.8, 4) is 0 Å². The van der Waals surface area contributed by atoms with Gasteiger partial charge in [-0.25, -0.2) is 4.79 Å². The van der Waals surface area contributed by atoms with Crippen molar-refractivity contribution in [1.29, 1.82) is 0 Å². The molecule has 4 aromatic rings. The van der Waals surface area contributed by atoms with Crippen LogP contribution in [0.4, 0.5) is 0 Å². The zero-order valence-corrected chi connectivity index (χ0v) is 12.2. The van der Waals surface area contributed by atoms with Crippen LogP contribution in [0.3, 0.4) is 0 Å². The van der Waals surface area contributed by atoms with Gasteiger partial charge in [-0.2, -0.15) is 0 Å². The highest BCUT2D eigenvalue weighted by molar-refractivity contribution is 6.24. The molecule has 106 valence electrons. The Morgan fingerprint density at radius 2 is 1.45 bits per heavy atom. The van der Waals surface area contributed by atoms with E-state index < -0.39 is 0 Å². The fraction of sp³-hybridized carbons (Fsp3) is 0.0500. The number of rotatable bonds is 1. The van der Waals surface area contributed by atoms with Crippen molar-refractivity contribution in [3.63, 3.8) is 0 Å². The van der Waals surface area contributed by atoms with E-state index in [2.05, 4.69) is 30.3 Å².